The Morgan fingerprint density at radius 1 is 1.44 bits per heavy atom. The molecule has 1 heterocycles. The van der Waals surface area contributed by atoms with Gasteiger partial charge in [0.05, 0.1) is 7.11 Å². The number of methoxy groups -OCH3 is 1. The third kappa shape index (κ3) is 3.43. The van der Waals surface area contributed by atoms with Gasteiger partial charge < -0.3 is 4.74 Å². The van der Waals surface area contributed by atoms with E-state index in [1.54, 1.807) is 6.92 Å². The summed E-state index contributed by atoms with van der Waals surface area (Å²) < 4.78 is 32.0. The molecule has 1 rings (SSSR count). The van der Waals surface area contributed by atoms with Crippen LogP contribution in [0.15, 0.2) is 0 Å². The van der Waals surface area contributed by atoms with Gasteiger partial charge in [-0.1, -0.05) is 13.3 Å². The number of esters is 1. The van der Waals surface area contributed by atoms with Crippen LogP contribution in [0.5, 0.6) is 0 Å². The molecule has 0 spiro atoms. The molecule has 1 unspecified atom stereocenters. The van der Waals surface area contributed by atoms with Crippen molar-refractivity contribution in [3.8, 4) is 0 Å². The van der Waals surface area contributed by atoms with Crippen LogP contribution in [0, 0.1) is 0 Å². The van der Waals surface area contributed by atoms with Gasteiger partial charge in [0.15, 0.2) is 0 Å². The Hall–Kier alpha value is -0.660. The largest absolute Gasteiger partial charge is 0.468 e. The van der Waals surface area contributed by atoms with Gasteiger partial charge in [0, 0.05) is 19.1 Å². The first-order valence-corrected chi connectivity index (χ1v) is 7.67. The number of likely N-dealkylation sites (N-methyl/N-ethyl adjacent to an activating group) is 1. The first-order valence-electron chi connectivity index (χ1n) is 6.27. The lowest BCUT2D eigenvalue weighted by Gasteiger charge is -2.35. The molecular formula is C11H22N2O4S. The third-order valence-corrected chi connectivity index (χ3v) is 5.43. The molecule has 1 aliphatic rings. The molecule has 0 aromatic heterocycles. The van der Waals surface area contributed by atoms with E-state index in [4.69, 9.17) is 0 Å². The smallest absolute Gasteiger partial charge is 0.321 e. The fourth-order valence-corrected chi connectivity index (χ4v) is 3.94. The predicted octanol–water partition coefficient (Wildman–Crippen LogP) is 0.600. The Morgan fingerprint density at radius 3 is 2.61 bits per heavy atom. The van der Waals surface area contributed by atoms with Crippen molar-refractivity contribution in [2.75, 3.05) is 26.7 Å². The normalized spacial score (nSPS) is 22.1. The lowest BCUT2D eigenvalue weighted by molar-refractivity contribution is -0.140. The van der Waals surface area contributed by atoms with Crippen LogP contribution in [0.1, 0.15) is 33.1 Å². The Kier molecular flexibility index (Phi) is 5.55. The molecule has 1 fully saturated rings. The van der Waals surface area contributed by atoms with Gasteiger partial charge in [-0.05, 0) is 19.8 Å². The Balaban J connectivity index is 2.84. The zero-order chi connectivity index (χ0) is 13.8. The number of ether oxygens (including phenoxy) is 1. The van der Waals surface area contributed by atoms with Crippen molar-refractivity contribution in [2.24, 2.45) is 0 Å². The highest BCUT2D eigenvalue weighted by atomic mass is 32.2. The predicted molar refractivity (Wildman–Crippen MR) is 68.2 cm³/mol. The average Bonchev–Trinajstić information content (AvgIpc) is 2.35. The fourth-order valence-electron chi connectivity index (χ4n) is 2.13. The van der Waals surface area contributed by atoms with Crippen molar-refractivity contribution in [3.05, 3.63) is 0 Å². The van der Waals surface area contributed by atoms with E-state index in [1.807, 2.05) is 6.92 Å². The highest BCUT2D eigenvalue weighted by Crippen LogP contribution is 2.22. The molecule has 6 nitrogen and oxygen atoms in total. The van der Waals surface area contributed by atoms with Crippen molar-refractivity contribution in [1.29, 1.82) is 0 Å². The number of nitrogens with zero attached hydrogens (tertiary/aromatic N) is 2. The average molecular weight is 278 g/mol. The minimum absolute atomic E-state index is 0.00422. The molecule has 0 amide bonds. The van der Waals surface area contributed by atoms with E-state index in [2.05, 4.69) is 4.74 Å². The van der Waals surface area contributed by atoms with Gasteiger partial charge in [-0.15, -0.1) is 0 Å². The van der Waals surface area contributed by atoms with Crippen LogP contribution in [0.2, 0.25) is 0 Å². The zero-order valence-corrected chi connectivity index (χ0v) is 12.1. The number of piperidine rings is 1. The Labute approximate surface area is 109 Å². The summed E-state index contributed by atoms with van der Waals surface area (Å²) in [5.41, 5.74) is 0. The molecule has 0 aliphatic carbocycles. The maximum absolute atomic E-state index is 12.4. The van der Waals surface area contributed by atoms with Crippen LogP contribution >= 0.6 is 0 Å². The number of carbonyl (C=O) groups is 1. The van der Waals surface area contributed by atoms with Gasteiger partial charge in [-0.3, -0.25) is 4.79 Å². The molecule has 0 aromatic carbocycles. The number of carbonyl (C=O) groups excluding carboxylic acids is 1. The highest BCUT2D eigenvalue weighted by molar-refractivity contribution is 7.86. The third-order valence-electron chi connectivity index (χ3n) is 3.25. The summed E-state index contributed by atoms with van der Waals surface area (Å²) in [6.45, 7) is 4.19. The summed E-state index contributed by atoms with van der Waals surface area (Å²) in [5, 5.41) is 0. The minimum atomic E-state index is -3.56. The quantitative estimate of drug-likeness (QED) is 0.691. The molecule has 0 aromatic rings. The summed E-state index contributed by atoms with van der Waals surface area (Å²) in [7, 11) is -2.31. The van der Waals surface area contributed by atoms with Crippen molar-refractivity contribution >= 4 is 16.2 Å². The molecule has 1 atom stereocenters. The van der Waals surface area contributed by atoms with Gasteiger partial charge in [0.2, 0.25) is 0 Å². The zero-order valence-electron chi connectivity index (χ0n) is 11.3. The molecule has 1 aliphatic heterocycles. The number of hydrogen-bond acceptors (Lipinski definition) is 4. The second kappa shape index (κ2) is 6.49. The van der Waals surface area contributed by atoms with Crippen LogP contribution in [0.25, 0.3) is 0 Å². The van der Waals surface area contributed by atoms with E-state index in [0.29, 0.717) is 6.54 Å². The number of hydrogen-bond donors (Lipinski definition) is 0. The van der Waals surface area contributed by atoms with E-state index < -0.39 is 16.2 Å². The van der Waals surface area contributed by atoms with Crippen molar-refractivity contribution in [3.63, 3.8) is 0 Å². The molecule has 0 N–H and O–H groups in total. The van der Waals surface area contributed by atoms with Gasteiger partial charge in [0.1, 0.15) is 6.54 Å². The SMILES string of the molecule is CCN(CC(=O)OC)S(=O)(=O)N1CCCCC1C. The molecule has 0 bridgehead atoms. The van der Waals surface area contributed by atoms with E-state index in [0.717, 1.165) is 19.3 Å². The standard InChI is InChI=1S/C11H22N2O4S/c1-4-12(9-11(14)17-3)18(15,16)13-8-6-5-7-10(13)2/h10H,4-9H2,1-3H3. The van der Waals surface area contributed by atoms with Crippen LogP contribution < -0.4 is 0 Å². The van der Waals surface area contributed by atoms with Gasteiger partial charge in [-0.25, -0.2) is 0 Å². The lowest BCUT2D eigenvalue weighted by atomic mass is 10.1. The van der Waals surface area contributed by atoms with Crippen LogP contribution in [-0.2, 0) is 19.7 Å². The molecule has 106 valence electrons. The molecule has 0 radical (unpaired) electrons. The van der Waals surface area contributed by atoms with Crippen LogP contribution in [0.3, 0.4) is 0 Å². The van der Waals surface area contributed by atoms with Crippen molar-refractivity contribution < 1.29 is 17.9 Å². The molecule has 18 heavy (non-hydrogen) atoms. The second-order valence-corrected chi connectivity index (χ2v) is 6.35. The summed E-state index contributed by atoms with van der Waals surface area (Å²) in [6, 6.07) is -0.00422. The van der Waals surface area contributed by atoms with Gasteiger partial charge in [0.25, 0.3) is 10.2 Å². The van der Waals surface area contributed by atoms with E-state index in [-0.39, 0.29) is 19.1 Å². The van der Waals surface area contributed by atoms with Crippen molar-refractivity contribution in [1.82, 2.24) is 8.61 Å². The van der Waals surface area contributed by atoms with Gasteiger partial charge >= 0.3 is 5.97 Å². The molecule has 1 saturated heterocycles. The number of rotatable bonds is 5. The molecule has 0 saturated carbocycles. The summed E-state index contributed by atoms with van der Waals surface area (Å²) >= 11 is 0. The topological polar surface area (TPSA) is 66.9 Å². The molecule has 7 heteroatoms. The highest BCUT2D eigenvalue weighted by Gasteiger charge is 2.34. The van der Waals surface area contributed by atoms with E-state index in [1.165, 1.54) is 15.7 Å². The summed E-state index contributed by atoms with van der Waals surface area (Å²) in [5.74, 6) is -0.537. The maximum Gasteiger partial charge on any atom is 0.321 e. The lowest BCUT2D eigenvalue weighted by Crippen LogP contribution is -2.50. The van der Waals surface area contributed by atoms with Crippen molar-refractivity contribution in [2.45, 2.75) is 39.2 Å². The van der Waals surface area contributed by atoms with Gasteiger partial charge in [-0.2, -0.15) is 17.0 Å². The maximum atomic E-state index is 12.4. The monoisotopic (exact) mass is 278 g/mol. The molecular weight excluding hydrogens is 256 g/mol. The Bertz CT molecular complexity index is 383. The fraction of sp³-hybridized carbons (Fsp3) is 0.909. The second-order valence-electron chi connectivity index (χ2n) is 4.47. The first-order chi connectivity index (χ1) is 8.43. The van der Waals surface area contributed by atoms with E-state index in [9.17, 15) is 13.2 Å². The van der Waals surface area contributed by atoms with Crippen LogP contribution in [-0.4, -0.2) is 55.8 Å². The summed E-state index contributed by atoms with van der Waals surface area (Å²) in [6.07, 6.45) is 2.80. The first kappa shape index (κ1) is 15.4. The minimum Gasteiger partial charge on any atom is -0.468 e. The summed E-state index contributed by atoms with van der Waals surface area (Å²) in [4.78, 5) is 11.2. The van der Waals surface area contributed by atoms with E-state index >= 15 is 0 Å². The Morgan fingerprint density at radius 2 is 2.11 bits per heavy atom. The van der Waals surface area contributed by atoms with Crippen LogP contribution in [0.4, 0.5) is 0 Å².